The number of aliphatic hydroxyl groups excluding tert-OH is 1. The summed E-state index contributed by atoms with van der Waals surface area (Å²) >= 11 is 0. The summed E-state index contributed by atoms with van der Waals surface area (Å²) in [6.45, 7) is 3.37. The lowest BCUT2D eigenvalue weighted by Crippen LogP contribution is -2.47. The lowest BCUT2D eigenvalue weighted by Gasteiger charge is -2.33. The van der Waals surface area contributed by atoms with E-state index < -0.39 is 10.5 Å². The van der Waals surface area contributed by atoms with E-state index in [1.165, 1.54) is 23.1 Å². The fourth-order valence-corrected chi connectivity index (χ4v) is 1.39. The monoisotopic (exact) mass is 278 g/mol. The van der Waals surface area contributed by atoms with Crippen LogP contribution in [0.15, 0.2) is 30.3 Å². The van der Waals surface area contributed by atoms with Gasteiger partial charge in [0.15, 0.2) is 0 Å². The van der Waals surface area contributed by atoms with Gasteiger partial charge in [0.25, 0.3) is 5.69 Å². The number of nitrogens with zero attached hydrogens (tertiary/aromatic N) is 2. The first kappa shape index (κ1) is 15.8. The summed E-state index contributed by atoms with van der Waals surface area (Å²) in [6.07, 6.45) is 2.95. The van der Waals surface area contributed by atoms with E-state index in [1.807, 2.05) is 0 Å². The van der Waals surface area contributed by atoms with Crippen molar-refractivity contribution in [2.24, 2.45) is 0 Å². The van der Waals surface area contributed by atoms with Gasteiger partial charge in [-0.05, 0) is 37.6 Å². The number of carbonyl (C=O) groups excluding carboxylic acids is 1. The van der Waals surface area contributed by atoms with E-state index in [1.54, 1.807) is 39.1 Å². The molecule has 108 valence electrons. The largest absolute Gasteiger partial charge is 0.394 e. The number of non-ortho nitro benzene ring substituents is 1. The summed E-state index contributed by atoms with van der Waals surface area (Å²) < 4.78 is 0. The maximum atomic E-state index is 11.9. The van der Waals surface area contributed by atoms with Gasteiger partial charge in [0, 0.05) is 25.3 Å². The molecule has 1 aromatic carbocycles. The molecule has 20 heavy (non-hydrogen) atoms. The summed E-state index contributed by atoms with van der Waals surface area (Å²) in [7, 11) is 1.61. The van der Waals surface area contributed by atoms with Gasteiger partial charge in [-0.2, -0.15) is 0 Å². The molecule has 0 spiro atoms. The van der Waals surface area contributed by atoms with Gasteiger partial charge in [-0.25, -0.2) is 0 Å². The molecular weight excluding hydrogens is 260 g/mol. The van der Waals surface area contributed by atoms with Crippen LogP contribution in [-0.4, -0.2) is 40.0 Å². The highest BCUT2D eigenvalue weighted by Gasteiger charge is 2.25. The van der Waals surface area contributed by atoms with Gasteiger partial charge >= 0.3 is 0 Å². The van der Waals surface area contributed by atoms with Crippen molar-refractivity contribution in [3.8, 4) is 0 Å². The van der Waals surface area contributed by atoms with Crippen molar-refractivity contribution in [2.75, 3.05) is 13.7 Å². The smallest absolute Gasteiger partial charge is 0.269 e. The van der Waals surface area contributed by atoms with Crippen LogP contribution < -0.4 is 0 Å². The van der Waals surface area contributed by atoms with Gasteiger partial charge in [-0.3, -0.25) is 14.9 Å². The number of carbonyl (C=O) groups is 1. The maximum Gasteiger partial charge on any atom is 0.269 e. The average Bonchev–Trinajstić information content (AvgIpc) is 2.44. The fourth-order valence-electron chi connectivity index (χ4n) is 1.39. The lowest BCUT2D eigenvalue weighted by atomic mass is 10.1. The first-order valence-corrected chi connectivity index (χ1v) is 6.09. The topological polar surface area (TPSA) is 83.7 Å². The van der Waals surface area contributed by atoms with Crippen LogP contribution in [-0.2, 0) is 4.79 Å². The molecule has 0 aliphatic carbocycles. The molecule has 0 radical (unpaired) electrons. The Morgan fingerprint density at radius 3 is 2.40 bits per heavy atom. The number of benzene rings is 1. The van der Waals surface area contributed by atoms with E-state index in [9.17, 15) is 20.0 Å². The Balaban J connectivity index is 2.77. The van der Waals surface area contributed by atoms with Crippen molar-refractivity contribution in [3.63, 3.8) is 0 Å². The van der Waals surface area contributed by atoms with Crippen LogP contribution >= 0.6 is 0 Å². The molecule has 0 saturated carbocycles. The first-order valence-electron chi connectivity index (χ1n) is 6.09. The summed E-state index contributed by atoms with van der Waals surface area (Å²) in [5, 5.41) is 19.7. The molecule has 1 aromatic rings. The Kier molecular flexibility index (Phi) is 4.99. The fraction of sp³-hybridized carbons (Fsp3) is 0.357. The van der Waals surface area contributed by atoms with Crippen LogP contribution in [0, 0.1) is 10.1 Å². The summed E-state index contributed by atoms with van der Waals surface area (Å²) in [4.78, 5) is 23.4. The minimum atomic E-state index is -0.642. The van der Waals surface area contributed by atoms with Crippen LogP contribution in [0.5, 0.6) is 0 Å². The van der Waals surface area contributed by atoms with E-state index in [0.29, 0.717) is 5.56 Å². The van der Waals surface area contributed by atoms with Crippen molar-refractivity contribution >= 4 is 17.7 Å². The number of nitro groups is 1. The summed E-state index contributed by atoms with van der Waals surface area (Å²) in [5.74, 6) is -0.248. The van der Waals surface area contributed by atoms with Crippen LogP contribution in [0.3, 0.4) is 0 Å². The summed E-state index contributed by atoms with van der Waals surface area (Å²) in [5.41, 5.74) is 0.0582. The molecule has 0 aliphatic rings. The highest BCUT2D eigenvalue weighted by molar-refractivity contribution is 5.92. The average molecular weight is 278 g/mol. The molecule has 0 bridgehead atoms. The van der Waals surface area contributed by atoms with Crippen molar-refractivity contribution < 1.29 is 14.8 Å². The Hall–Kier alpha value is -2.21. The number of amides is 1. The Morgan fingerprint density at radius 2 is 1.95 bits per heavy atom. The van der Waals surface area contributed by atoms with Gasteiger partial charge < -0.3 is 10.0 Å². The molecule has 0 unspecified atom stereocenters. The van der Waals surface area contributed by atoms with Gasteiger partial charge in [-0.15, -0.1) is 0 Å². The minimum absolute atomic E-state index is 0.00649. The second-order valence-electron chi connectivity index (χ2n) is 5.05. The zero-order valence-electron chi connectivity index (χ0n) is 11.7. The van der Waals surface area contributed by atoms with Crippen LogP contribution in [0.1, 0.15) is 19.4 Å². The SMILES string of the molecule is CN(C(=O)/C=C/c1ccc([N+](=O)[O-])cc1)C(C)(C)CO. The number of hydrogen-bond acceptors (Lipinski definition) is 4. The molecule has 1 rings (SSSR count). The van der Waals surface area contributed by atoms with Crippen LogP contribution in [0.2, 0.25) is 0 Å². The number of aliphatic hydroxyl groups is 1. The Bertz CT molecular complexity index is 520. The zero-order chi connectivity index (χ0) is 15.3. The zero-order valence-corrected chi connectivity index (χ0v) is 11.7. The molecule has 1 N–H and O–H groups in total. The van der Waals surface area contributed by atoms with E-state index in [-0.39, 0.29) is 18.2 Å². The van der Waals surface area contributed by atoms with E-state index in [0.717, 1.165) is 0 Å². The minimum Gasteiger partial charge on any atom is -0.394 e. The standard InChI is InChI=1S/C14H18N2O4/c1-14(2,10-17)15(3)13(18)9-6-11-4-7-12(8-5-11)16(19)20/h4-9,17H,10H2,1-3H3/b9-6+. The third kappa shape index (κ3) is 3.89. The van der Waals surface area contributed by atoms with Gasteiger partial charge in [0.2, 0.25) is 5.91 Å². The molecule has 6 heteroatoms. The second kappa shape index (κ2) is 6.29. The van der Waals surface area contributed by atoms with Gasteiger partial charge in [0.1, 0.15) is 0 Å². The highest BCUT2D eigenvalue weighted by atomic mass is 16.6. The normalized spacial score (nSPS) is 11.6. The van der Waals surface area contributed by atoms with Gasteiger partial charge in [-0.1, -0.05) is 0 Å². The first-order chi connectivity index (χ1) is 9.27. The highest BCUT2D eigenvalue weighted by Crippen LogP contribution is 2.14. The molecule has 0 saturated heterocycles. The predicted molar refractivity (Wildman–Crippen MR) is 76.1 cm³/mol. The molecule has 0 heterocycles. The lowest BCUT2D eigenvalue weighted by molar-refractivity contribution is -0.384. The Labute approximate surface area is 117 Å². The number of rotatable bonds is 5. The number of nitro benzene ring substituents is 1. The van der Waals surface area contributed by atoms with Crippen LogP contribution in [0.4, 0.5) is 5.69 Å². The third-order valence-electron chi connectivity index (χ3n) is 3.15. The molecule has 1 amide bonds. The van der Waals surface area contributed by atoms with E-state index in [4.69, 9.17) is 0 Å². The predicted octanol–water partition coefficient (Wildman–Crippen LogP) is 1.84. The molecule has 6 nitrogen and oxygen atoms in total. The number of hydrogen-bond donors (Lipinski definition) is 1. The Morgan fingerprint density at radius 1 is 1.40 bits per heavy atom. The number of likely N-dealkylation sites (N-methyl/N-ethyl adjacent to an activating group) is 1. The molecule has 0 aromatic heterocycles. The second-order valence-corrected chi connectivity index (χ2v) is 5.05. The molecule has 0 atom stereocenters. The molecule has 0 fully saturated rings. The molecule has 0 aliphatic heterocycles. The quantitative estimate of drug-likeness (QED) is 0.506. The van der Waals surface area contributed by atoms with Gasteiger partial charge in [0.05, 0.1) is 17.1 Å². The van der Waals surface area contributed by atoms with Crippen molar-refractivity contribution in [1.29, 1.82) is 0 Å². The van der Waals surface area contributed by atoms with Crippen LogP contribution in [0.25, 0.3) is 6.08 Å². The van der Waals surface area contributed by atoms with Crippen molar-refractivity contribution in [2.45, 2.75) is 19.4 Å². The maximum absolute atomic E-state index is 11.9. The summed E-state index contributed by atoms with van der Waals surface area (Å²) in [6, 6.07) is 5.90. The van der Waals surface area contributed by atoms with E-state index in [2.05, 4.69) is 0 Å². The van der Waals surface area contributed by atoms with Crippen molar-refractivity contribution in [1.82, 2.24) is 4.90 Å². The molecular formula is C14H18N2O4. The van der Waals surface area contributed by atoms with E-state index >= 15 is 0 Å². The van der Waals surface area contributed by atoms with Crippen molar-refractivity contribution in [3.05, 3.63) is 46.0 Å². The third-order valence-corrected chi connectivity index (χ3v) is 3.15.